The van der Waals surface area contributed by atoms with Gasteiger partial charge in [-0.2, -0.15) is 0 Å². The van der Waals surface area contributed by atoms with Crippen LogP contribution in [0.4, 0.5) is 0 Å². The topological polar surface area (TPSA) is 43.3 Å². The highest BCUT2D eigenvalue weighted by atomic mass is 16.5. The van der Waals surface area contributed by atoms with Crippen molar-refractivity contribution >= 4 is 5.91 Å². The van der Waals surface area contributed by atoms with Crippen LogP contribution in [0.1, 0.15) is 22.5 Å². The number of nitrogens with zero attached hydrogens (tertiary/aromatic N) is 1. The molecule has 0 saturated heterocycles. The number of amides is 1. The minimum Gasteiger partial charge on any atom is -0.484 e. The molecule has 0 unspecified atom stereocenters. The van der Waals surface area contributed by atoms with E-state index in [0.717, 1.165) is 17.7 Å². The fraction of sp³-hybridized carbons (Fsp3) is 0.389. The number of carbonyl (C=O) groups excluding carboxylic acids is 1. The summed E-state index contributed by atoms with van der Waals surface area (Å²) >= 11 is 0. The fourth-order valence-corrected chi connectivity index (χ4v) is 2.44. The Morgan fingerprint density at radius 1 is 1.23 bits per heavy atom. The first kappa shape index (κ1) is 16.1. The lowest BCUT2D eigenvalue weighted by Gasteiger charge is -2.09. The Kier molecular flexibility index (Phi) is 5.26. The molecule has 2 rings (SSSR count). The standard InChI is InChI=1S/C18H24N2O2/c1-13-7-5-6-8-17(13)22-12-18(21)19-10-9-16-11-14(2)20(4)15(16)3/h5-8,11H,9-10,12H2,1-4H3,(H,19,21). The van der Waals surface area contributed by atoms with Crippen molar-refractivity contribution in [3.8, 4) is 5.75 Å². The molecule has 1 heterocycles. The van der Waals surface area contributed by atoms with Crippen molar-refractivity contribution in [2.24, 2.45) is 7.05 Å². The molecule has 1 aromatic heterocycles. The van der Waals surface area contributed by atoms with Gasteiger partial charge in [-0.1, -0.05) is 18.2 Å². The van der Waals surface area contributed by atoms with Crippen LogP contribution in [0.25, 0.3) is 0 Å². The first-order valence-corrected chi connectivity index (χ1v) is 7.56. The highest BCUT2D eigenvalue weighted by Crippen LogP contribution is 2.16. The molecule has 0 radical (unpaired) electrons. The monoisotopic (exact) mass is 300 g/mol. The number of aromatic nitrogens is 1. The van der Waals surface area contributed by atoms with Gasteiger partial charge in [-0.15, -0.1) is 0 Å². The van der Waals surface area contributed by atoms with Crippen LogP contribution in [0.2, 0.25) is 0 Å². The molecule has 0 aliphatic carbocycles. The molecule has 0 saturated carbocycles. The summed E-state index contributed by atoms with van der Waals surface area (Å²) in [5, 5.41) is 2.90. The van der Waals surface area contributed by atoms with Gasteiger partial charge in [0.1, 0.15) is 5.75 Å². The van der Waals surface area contributed by atoms with Crippen molar-refractivity contribution in [3.05, 3.63) is 52.8 Å². The van der Waals surface area contributed by atoms with Crippen molar-refractivity contribution in [3.63, 3.8) is 0 Å². The number of ether oxygens (including phenoxy) is 1. The normalized spacial score (nSPS) is 10.5. The molecule has 0 spiro atoms. The van der Waals surface area contributed by atoms with Crippen LogP contribution < -0.4 is 10.1 Å². The van der Waals surface area contributed by atoms with Crippen molar-refractivity contribution in [2.75, 3.05) is 13.2 Å². The molecule has 0 atom stereocenters. The third-order valence-corrected chi connectivity index (χ3v) is 4.05. The molecule has 0 fully saturated rings. The minimum atomic E-state index is -0.0893. The highest BCUT2D eigenvalue weighted by molar-refractivity contribution is 5.77. The summed E-state index contributed by atoms with van der Waals surface area (Å²) in [6.45, 7) is 6.84. The van der Waals surface area contributed by atoms with E-state index in [4.69, 9.17) is 4.74 Å². The molecule has 4 heteroatoms. The van der Waals surface area contributed by atoms with Gasteiger partial charge >= 0.3 is 0 Å². The summed E-state index contributed by atoms with van der Waals surface area (Å²) in [5.74, 6) is 0.667. The Hall–Kier alpha value is -2.23. The second-order valence-corrected chi connectivity index (χ2v) is 5.61. The third-order valence-electron chi connectivity index (χ3n) is 4.05. The molecule has 0 aliphatic heterocycles. The van der Waals surface area contributed by atoms with E-state index in [9.17, 15) is 4.79 Å². The van der Waals surface area contributed by atoms with Gasteiger partial charge in [-0.3, -0.25) is 4.79 Å². The van der Waals surface area contributed by atoms with Crippen molar-refractivity contribution < 1.29 is 9.53 Å². The zero-order chi connectivity index (χ0) is 16.1. The van der Waals surface area contributed by atoms with E-state index in [2.05, 4.69) is 36.8 Å². The molecule has 1 N–H and O–H groups in total. The summed E-state index contributed by atoms with van der Waals surface area (Å²) in [5.41, 5.74) is 4.80. The van der Waals surface area contributed by atoms with Crippen LogP contribution >= 0.6 is 0 Å². The molecule has 0 aliphatic rings. The van der Waals surface area contributed by atoms with E-state index in [1.54, 1.807) is 0 Å². The van der Waals surface area contributed by atoms with Crippen LogP contribution in [0.5, 0.6) is 5.75 Å². The zero-order valence-corrected chi connectivity index (χ0v) is 13.8. The molecule has 1 amide bonds. The van der Waals surface area contributed by atoms with E-state index in [0.29, 0.717) is 6.54 Å². The van der Waals surface area contributed by atoms with Crippen molar-refractivity contribution in [2.45, 2.75) is 27.2 Å². The number of carbonyl (C=O) groups is 1. The molecule has 4 nitrogen and oxygen atoms in total. The van der Waals surface area contributed by atoms with Gasteiger partial charge in [-0.05, 0) is 50.5 Å². The van der Waals surface area contributed by atoms with Crippen LogP contribution in [0.15, 0.2) is 30.3 Å². The van der Waals surface area contributed by atoms with Gasteiger partial charge in [0.2, 0.25) is 0 Å². The number of benzene rings is 1. The summed E-state index contributed by atoms with van der Waals surface area (Å²) in [6.07, 6.45) is 0.837. The van der Waals surface area contributed by atoms with Crippen LogP contribution in [-0.4, -0.2) is 23.6 Å². The fourth-order valence-electron chi connectivity index (χ4n) is 2.44. The van der Waals surface area contributed by atoms with Gasteiger partial charge in [0.05, 0.1) is 0 Å². The van der Waals surface area contributed by atoms with E-state index in [1.165, 1.54) is 17.0 Å². The van der Waals surface area contributed by atoms with E-state index >= 15 is 0 Å². The second kappa shape index (κ2) is 7.16. The second-order valence-electron chi connectivity index (χ2n) is 5.61. The average molecular weight is 300 g/mol. The Bertz CT molecular complexity index is 659. The molecule has 118 valence electrons. The van der Waals surface area contributed by atoms with Crippen LogP contribution in [0, 0.1) is 20.8 Å². The van der Waals surface area contributed by atoms with E-state index < -0.39 is 0 Å². The molecular formula is C18H24N2O2. The molecule has 2 aromatic rings. The Balaban J connectivity index is 1.76. The number of rotatable bonds is 6. The summed E-state index contributed by atoms with van der Waals surface area (Å²) in [6, 6.07) is 9.87. The SMILES string of the molecule is Cc1ccccc1OCC(=O)NCCc1cc(C)n(C)c1C. The smallest absolute Gasteiger partial charge is 0.257 e. The lowest BCUT2D eigenvalue weighted by molar-refractivity contribution is -0.123. The van der Waals surface area contributed by atoms with E-state index in [-0.39, 0.29) is 12.5 Å². The largest absolute Gasteiger partial charge is 0.484 e. The maximum absolute atomic E-state index is 11.8. The molecule has 1 aromatic carbocycles. The van der Waals surface area contributed by atoms with Crippen LogP contribution in [-0.2, 0) is 18.3 Å². The molecule has 0 bridgehead atoms. The summed E-state index contributed by atoms with van der Waals surface area (Å²) < 4.78 is 7.70. The predicted octanol–water partition coefficient (Wildman–Crippen LogP) is 2.69. The molecule has 22 heavy (non-hydrogen) atoms. The number of aryl methyl sites for hydroxylation is 2. The quantitative estimate of drug-likeness (QED) is 0.891. The van der Waals surface area contributed by atoms with Crippen LogP contribution in [0.3, 0.4) is 0 Å². The third kappa shape index (κ3) is 3.91. The average Bonchev–Trinajstić information content (AvgIpc) is 2.74. The van der Waals surface area contributed by atoms with E-state index in [1.807, 2.05) is 31.2 Å². The Morgan fingerprint density at radius 2 is 1.95 bits per heavy atom. The van der Waals surface area contributed by atoms with Gasteiger partial charge in [-0.25, -0.2) is 0 Å². The van der Waals surface area contributed by atoms with Crippen molar-refractivity contribution in [1.29, 1.82) is 0 Å². The van der Waals surface area contributed by atoms with Crippen molar-refractivity contribution in [1.82, 2.24) is 9.88 Å². The maximum atomic E-state index is 11.8. The number of hydrogen-bond donors (Lipinski definition) is 1. The maximum Gasteiger partial charge on any atom is 0.257 e. The van der Waals surface area contributed by atoms with Gasteiger partial charge in [0.15, 0.2) is 6.61 Å². The number of nitrogens with one attached hydrogen (secondary N) is 1. The first-order valence-electron chi connectivity index (χ1n) is 7.56. The summed E-state index contributed by atoms with van der Waals surface area (Å²) in [4.78, 5) is 11.8. The summed E-state index contributed by atoms with van der Waals surface area (Å²) in [7, 11) is 2.06. The van der Waals surface area contributed by atoms with Gasteiger partial charge in [0, 0.05) is 25.0 Å². The predicted molar refractivity (Wildman–Crippen MR) is 88.3 cm³/mol. The number of para-hydroxylation sites is 1. The zero-order valence-electron chi connectivity index (χ0n) is 13.8. The van der Waals surface area contributed by atoms with Gasteiger partial charge in [0.25, 0.3) is 5.91 Å². The highest BCUT2D eigenvalue weighted by Gasteiger charge is 2.07. The minimum absolute atomic E-state index is 0.0532. The lowest BCUT2D eigenvalue weighted by atomic mass is 10.2. The first-order chi connectivity index (χ1) is 10.5. The molecular weight excluding hydrogens is 276 g/mol. The lowest BCUT2D eigenvalue weighted by Crippen LogP contribution is -2.30. The Morgan fingerprint density at radius 3 is 2.59 bits per heavy atom. The Labute approximate surface area is 132 Å². The number of hydrogen-bond acceptors (Lipinski definition) is 2. The van der Waals surface area contributed by atoms with Gasteiger partial charge < -0.3 is 14.6 Å².